The van der Waals surface area contributed by atoms with Gasteiger partial charge >= 0.3 is 0 Å². The first kappa shape index (κ1) is 17.2. The number of benzene rings is 1. The number of fused-ring (bicyclic) bond motifs is 1. The minimum atomic E-state index is 0.0315. The normalized spacial score (nSPS) is 17.5. The van der Waals surface area contributed by atoms with Crippen molar-refractivity contribution in [1.82, 2.24) is 14.3 Å². The second-order valence-corrected chi connectivity index (χ2v) is 7.61. The van der Waals surface area contributed by atoms with Crippen LogP contribution in [0.15, 0.2) is 41.9 Å². The van der Waals surface area contributed by atoms with E-state index in [2.05, 4.69) is 4.98 Å². The van der Waals surface area contributed by atoms with Crippen LogP contribution in [0.5, 0.6) is 0 Å². The minimum absolute atomic E-state index is 0.0315. The van der Waals surface area contributed by atoms with Gasteiger partial charge in [0.15, 0.2) is 4.96 Å². The Morgan fingerprint density at radius 1 is 1.35 bits per heavy atom. The molecule has 1 saturated heterocycles. The van der Waals surface area contributed by atoms with E-state index in [1.165, 1.54) is 17.8 Å². The Morgan fingerprint density at radius 3 is 2.96 bits per heavy atom. The van der Waals surface area contributed by atoms with Crippen molar-refractivity contribution in [3.05, 3.63) is 47.6 Å². The number of hydrogen-bond acceptors (Lipinski definition) is 4. The zero-order chi connectivity index (χ0) is 17.9. The first-order chi connectivity index (χ1) is 12.7. The molecule has 3 aromatic rings. The second kappa shape index (κ2) is 7.60. The maximum absolute atomic E-state index is 12.9. The van der Waals surface area contributed by atoms with Crippen LogP contribution in [0.1, 0.15) is 36.2 Å². The van der Waals surface area contributed by atoms with Crippen LogP contribution in [0.25, 0.3) is 16.2 Å². The zero-order valence-electron chi connectivity index (χ0n) is 14.9. The van der Waals surface area contributed by atoms with Crippen LogP contribution in [-0.2, 0) is 4.74 Å². The van der Waals surface area contributed by atoms with E-state index in [1.54, 1.807) is 4.90 Å². The number of carbonyl (C=O) groups is 1. The largest absolute Gasteiger partial charge is 0.378 e. The summed E-state index contributed by atoms with van der Waals surface area (Å²) in [6, 6.07) is 10.0. The van der Waals surface area contributed by atoms with Gasteiger partial charge in [0.25, 0.3) is 5.91 Å². The van der Waals surface area contributed by atoms with E-state index in [0.29, 0.717) is 18.3 Å². The molecular weight excluding hydrogens is 346 g/mol. The van der Waals surface area contributed by atoms with E-state index in [-0.39, 0.29) is 5.91 Å². The number of imidazole rings is 1. The fourth-order valence-corrected chi connectivity index (χ4v) is 4.20. The highest BCUT2D eigenvalue weighted by Gasteiger charge is 2.20. The third-order valence-electron chi connectivity index (χ3n) is 4.90. The summed E-state index contributed by atoms with van der Waals surface area (Å²) in [6.07, 6.45) is 6.63. The summed E-state index contributed by atoms with van der Waals surface area (Å²) in [5.41, 5.74) is 2.63. The standard InChI is InChI=1S/C20H23N3O2S/c1-22(11-10-16-9-5-6-12-25-16)19(24)18-14-26-20-21-17(13-23(18)20)15-7-3-2-4-8-15/h2-4,7-8,13-14,16H,5-6,9-12H2,1H3/t16-/m1/s1. The van der Waals surface area contributed by atoms with Crippen LogP contribution in [0.4, 0.5) is 0 Å². The molecule has 1 aromatic carbocycles. The van der Waals surface area contributed by atoms with Crippen LogP contribution in [0.3, 0.4) is 0 Å². The fourth-order valence-electron chi connectivity index (χ4n) is 3.36. The van der Waals surface area contributed by atoms with Crippen LogP contribution < -0.4 is 0 Å². The number of thiazole rings is 1. The molecule has 0 unspecified atom stereocenters. The highest BCUT2D eigenvalue weighted by molar-refractivity contribution is 7.15. The van der Waals surface area contributed by atoms with Crippen LogP contribution in [0, 0.1) is 0 Å². The summed E-state index contributed by atoms with van der Waals surface area (Å²) in [5.74, 6) is 0.0315. The second-order valence-electron chi connectivity index (χ2n) is 6.77. The highest BCUT2D eigenvalue weighted by Crippen LogP contribution is 2.24. The Kier molecular flexibility index (Phi) is 5.04. The van der Waals surface area contributed by atoms with Crippen molar-refractivity contribution < 1.29 is 9.53 Å². The average Bonchev–Trinajstić information content (AvgIpc) is 3.28. The lowest BCUT2D eigenvalue weighted by Crippen LogP contribution is -2.32. The number of amides is 1. The van der Waals surface area contributed by atoms with Crippen molar-refractivity contribution in [2.24, 2.45) is 0 Å². The van der Waals surface area contributed by atoms with Crippen LogP contribution in [0.2, 0.25) is 0 Å². The van der Waals surface area contributed by atoms with E-state index in [1.807, 2.05) is 53.4 Å². The van der Waals surface area contributed by atoms with Crippen LogP contribution in [-0.4, -0.2) is 46.5 Å². The van der Waals surface area contributed by atoms with Crippen molar-refractivity contribution in [2.45, 2.75) is 31.8 Å². The Morgan fingerprint density at radius 2 is 2.19 bits per heavy atom. The number of nitrogens with zero attached hydrogens (tertiary/aromatic N) is 3. The summed E-state index contributed by atoms with van der Waals surface area (Å²) in [6.45, 7) is 1.56. The lowest BCUT2D eigenvalue weighted by molar-refractivity contribution is 0.00705. The number of carbonyl (C=O) groups excluding carboxylic acids is 1. The van der Waals surface area contributed by atoms with Crippen molar-refractivity contribution >= 4 is 22.2 Å². The molecule has 0 N–H and O–H groups in total. The van der Waals surface area contributed by atoms with E-state index in [9.17, 15) is 4.79 Å². The van der Waals surface area contributed by atoms with Gasteiger partial charge in [0.05, 0.1) is 11.8 Å². The topological polar surface area (TPSA) is 46.8 Å². The molecule has 1 aliphatic rings. The molecule has 0 aliphatic carbocycles. The van der Waals surface area contributed by atoms with Gasteiger partial charge in [-0.15, -0.1) is 11.3 Å². The summed E-state index contributed by atoms with van der Waals surface area (Å²) < 4.78 is 7.68. The molecule has 1 amide bonds. The first-order valence-corrected chi connectivity index (χ1v) is 9.99. The number of hydrogen-bond donors (Lipinski definition) is 0. The van der Waals surface area contributed by atoms with Crippen LogP contribution >= 0.6 is 11.3 Å². The molecule has 0 bridgehead atoms. The van der Waals surface area contributed by atoms with Gasteiger partial charge < -0.3 is 9.64 Å². The van der Waals surface area contributed by atoms with E-state index < -0.39 is 0 Å². The van der Waals surface area contributed by atoms with Crippen molar-refractivity contribution in [3.63, 3.8) is 0 Å². The zero-order valence-corrected chi connectivity index (χ0v) is 15.7. The molecule has 6 heteroatoms. The van der Waals surface area contributed by atoms with Crippen molar-refractivity contribution in [1.29, 1.82) is 0 Å². The molecule has 2 aromatic heterocycles. The quantitative estimate of drug-likeness (QED) is 0.680. The lowest BCUT2D eigenvalue weighted by atomic mass is 10.1. The van der Waals surface area contributed by atoms with Gasteiger partial charge in [-0.25, -0.2) is 4.98 Å². The Bertz CT molecular complexity index is 881. The minimum Gasteiger partial charge on any atom is -0.378 e. The van der Waals surface area contributed by atoms with E-state index in [4.69, 9.17) is 4.74 Å². The van der Waals surface area contributed by atoms with Gasteiger partial charge in [-0.1, -0.05) is 30.3 Å². The SMILES string of the molecule is CN(CC[C@H]1CCCCO1)C(=O)c1csc2nc(-c3ccccc3)cn12. The predicted molar refractivity (Wildman–Crippen MR) is 104 cm³/mol. The number of ether oxygens (including phenoxy) is 1. The predicted octanol–water partition coefficient (Wildman–Crippen LogP) is 4.09. The van der Waals surface area contributed by atoms with Gasteiger partial charge in [-0.2, -0.15) is 0 Å². The number of aromatic nitrogens is 2. The molecule has 5 nitrogen and oxygen atoms in total. The van der Waals surface area contributed by atoms with E-state index in [0.717, 1.165) is 42.1 Å². The first-order valence-electron chi connectivity index (χ1n) is 9.11. The third-order valence-corrected chi connectivity index (χ3v) is 5.74. The average molecular weight is 369 g/mol. The Hall–Kier alpha value is -2.18. The summed E-state index contributed by atoms with van der Waals surface area (Å²) in [5, 5.41) is 1.90. The lowest BCUT2D eigenvalue weighted by Gasteiger charge is -2.25. The molecule has 136 valence electrons. The molecule has 0 spiro atoms. The fraction of sp³-hybridized carbons (Fsp3) is 0.400. The molecule has 1 fully saturated rings. The monoisotopic (exact) mass is 369 g/mol. The molecule has 0 saturated carbocycles. The summed E-state index contributed by atoms with van der Waals surface area (Å²) in [4.78, 5) is 20.2. The Balaban J connectivity index is 1.48. The van der Waals surface area contributed by atoms with E-state index >= 15 is 0 Å². The highest BCUT2D eigenvalue weighted by atomic mass is 32.1. The molecule has 4 rings (SSSR count). The number of rotatable bonds is 5. The molecule has 1 aliphatic heterocycles. The molecule has 3 heterocycles. The molecule has 26 heavy (non-hydrogen) atoms. The summed E-state index contributed by atoms with van der Waals surface area (Å²) in [7, 11) is 1.86. The van der Waals surface area contributed by atoms with Gasteiger partial charge in [-0.05, 0) is 25.7 Å². The van der Waals surface area contributed by atoms with Gasteiger partial charge in [0.1, 0.15) is 5.69 Å². The van der Waals surface area contributed by atoms with Crippen molar-refractivity contribution in [2.75, 3.05) is 20.2 Å². The van der Waals surface area contributed by atoms with Gasteiger partial charge in [-0.3, -0.25) is 9.20 Å². The van der Waals surface area contributed by atoms with Gasteiger partial charge in [0, 0.05) is 37.3 Å². The maximum Gasteiger partial charge on any atom is 0.271 e. The maximum atomic E-state index is 12.9. The third kappa shape index (κ3) is 3.52. The molecule has 1 atom stereocenters. The van der Waals surface area contributed by atoms with Gasteiger partial charge in [0.2, 0.25) is 0 Å². The smallest absolute Gasteiger partial charge is 0.271 e. The summed E-state index contributed by atoms with van der Waals surface area (Å²) >= 11 is 1.50. The Labute approximate surface area is 157 Å². The van der Waals surface area contributed by atoms with Crippen molar-refractivity contribution in [3.8, 4) is 11.3 Å². The molecular formula is C20H23N3O2S. The molecule has 0 radical (unpaired) electrons.